The molecule has 0 aromatic carbocycles. The van der Waals surface area contributed by atoms with Gasteiger partial charge in [0.1, 0.15) is 5.82 Å². The van der Waals surface area contributed by atoms with Gasteiger partial charge in [0.2, 0.25) is 5.95 Å². The van der Waals surface area contributed by atoms with Gasteiger partial charge in [-0.05, 0) is 13.8 Å². The maximum absolute atomic E-state index is 5.70. The van der Waals surface area contributed by atoms with Crippen molar-refractivity contribution >= 4 is 22.8 Å². The Balaban J connectivity index is 2.28. The molecular formula is C11H18N6O. The van der Waals surface area contributed by atoms with Crippen LogP contribution in [0.1, 0.15) is 13.8 Å². The number of ether oxygens (including phenoxy) is 1. The number of rotatable bonds is 6. The third kappa shape index (κ3) is 2.51. The molecule has 2 heterocycles. The van der Waals surface area contributed by atoms with Crippen LogP contribution in [0.5, 0.6) is 0 Å². The van der Waals surface area contributed by atoms with E-state index in [2.05, 4.69) is 32.0 Å². The number of aromatic nitrogens is 4. The molecular weight excluding hydrogens is 232 g/mol. The van der Waals surface area contributed by atoms with Crippen molar-refractivity contribution in [1.82, 2.24) is 20.2 Å². The van der Waals surface area contributed by atoms with Gasteiger partial charge in [0.15, 0.2) is 5.65 Å². The van der Waals surface area contributed by atoms with Gasteiger partial charge in [0, 0.05) is 19.7 Å². The molecule has 18 heavy (non-hydrogen) atoms. The summed E-state index contributed by atoms with van der Waals surface area (Å²) in [5, 5.41) is 7.66. The first-order valence-electron chi connectivity index (χ1n) is 6.05. The number of H-pyrrole nitrogens is 1. The van der Waals surface area contributed by atoms with Crippen molar-refractivity contribution in [2.75, 3.05) is 36.9 Å². The highest BCUT2D eigenvalue weighted by molar-refractivity contribution is 5.87. The van der Waals surface area contributed by atoms with E-state index in [4.69, 9.17) is 10.5 Å². The average molecular weight is 250 g/mol. The van der Waals surface area contributed by atoms with Crippen molar-refractivity contribution in [3.8, 4) is 0 Å². The summed E-state index contributed by atoms with van der Waals surface area (Å²) in [4.78, 5) is 10.5. The van der Waals surface area contributed by atoms with E-state index in [1.54, 1.807) is 6.20 Å². The summed E-state index contributed by atoms with van der Waals surface area (Å²) in [6.07, 6.45) is 1.72. The molecule has 2 rings (SSSR count). The van der Waals surface area contributed by atoms with Crippen molar-refractivity contribution in [1.29, 1.82) is 0 Å². The fourth-order valence-corrected chi connectivity index (χ4v) is 1.81. The van der Waals surface area contributed by atoms with Crippen LogP contribution in [0.4, 0.5) is 11.8 Å². The number of likely N-dealkylation sites (N-methyl/N-ethyl adjacent to an activating group) is 1. The standard InChI is InChI=1S/C11H18N6O/c1-3-17(5-6-18-4-2)10-8-7-13-16-9(8)14-11(12)15-10/h7H,3-6H2,1-2H3,(H3,12,13,14,15,16). The summed E-state index contributed by atoms with van der Waals surface area (Å²) in [5.41, 5.74) is 6.36. The Morgan fingerprint density at radius 2 is 2.22 bits per heavy atom. The van der Waals surface area contributed by atoms with E-state index in [-0.39, 0.29) is 5.95 Å². The second-order valence-electron chi connectivity index (χ2n) is 3.81. The molecule has 0 aliphatic carbocycles. The van der Waals surface area contributed by atoms with E-state index in [0.717, 1.165) is 24.3 Å². The lowest BCUT2D eigenvalue weighted by Gasteiger charge is -2.22. The number of aromatic amines is 1. The van der Waals surface area contributed by atoms with E-state index in [1.807, 2.05) is 6.92 Å². The second kappa shape index (κ2) is 5.63. The number of nitrogens with zero attached hydrogens (tertiary/aromatic N) is 4. The van der Waals surface area contributed by atoms with Crippen LogP contribution < -0.4 is 10.6 Å². The van der Waals surface area contributed by atoms with Gasteiger partial charge in [0.05, 0.1) is 18.2 Å². The summed E-state index contributed by atoms with van der Waals surface area (Å²) in [7, 11) is 0. The fourth-order valence-electron chi connectivity index (χ4n) is 1.81. The minimum Gasteiger partial charge on any atom is -0.380 e. The summed E-state index contributed by atoms with van der Waals surface area (Å²) < 4.78 is 5.37. The van der Waals surface area contributed by atoms with E-state index in [9.17, 15) is 0 Å². The van der Waals surface area contributed by atoms with E-state index in [1.165, 1.54) is 0 Å². The molecule has 7 nitrogen and oxygen atoms in total. The van der Waals surface area contributed by atoms with Crippen LogP contribution in [0.3, 0.4) is 0 Å². The predicted octanol–water partition coefficient (Wildman–Crippen LogP) is 0.798. The van der Waals surface area contributed by atoms with Gasteiger partial charge < -0.3 is 15.4 Å². The number of nitrogens with one attached hydrogen (secondary N) is 1. The number of nitrogen functional groups attached to an aromatic ring is 1. The van der Waals surface area contributed by atoms with Gasteiger partial charge in [-0.1, -0.05) is 0 Å². The molecule has 7 heteroatoms. The smallest absolute Gasteiger partial charge is 0.224 e. The maximum atomic E-state index is 5.70. The molecule has 0 bridgehead atoms. The Hall–Kier alpha value is -1.89. The summed E-state index contributed by atoms with van der Waals surface area (Å²) in [6.45, 7) is 7.01. The highest BCUT2D eigenvalue weighted by atomic mass is 16.5. The minimum atomic E-state index is 0.247. The van der Waals surface area contributed by atoms with Gasteiger partial charge in [-0.2, -0.15) is 15.1 Å². The van der Waals surface area contributed by atoms with Crippen molar-refractivity contribution in [2.24, 2.45) is 0 Å². The Kier molecular flexibility index (Phi) is 3.93. The van der Waals surface area contributed by atoms with Crippen LogP contribution >= 0.6 is 0 Å². The molecule has 0 saturated carbocycles. The van der Waals surface area contributed by atoms with Crippen LogP contribution in [0, 0.1) is 0 Å². The molecule has 0 spiro atoms. The van der Waals surface area contributed by atoms with Gasteiger partial charge >= 0.3 is 0 Å². The second-order valence-corrected chi connectivity index (χ2v) is 3.81. The quantitative estimate of drug-likeness (QED) is 0.736. The van der Waals surface area contributed by atoms with Crippen LogP contribution in [-0.2, 0) is 4.74 Å². The number of fused-ring (bicyclic) bond motifs is 1. The maximum Gasteiger partial charge on any atom is 0.224 e. The van der Waals surface area contributed by atoms with Gasteiger partial charge in [-0.25, -0.2) is 0 Å². The number of hydrogen-bond acceptors (Lipinski definition) is 6. The molecule has 2 aromatic rings. The zero-order valence-electron chi connectivity index (χ0n) is 10.7. The summed E-state index contributed by atoms with van der Waals surface area (Å²) >= 11 is 0. The SMILES string of the molecule is CCOCCN(CC)c1nc(N)nc2[nH]ncc12. The topological polar surface area (TPSA) is 93.0 Å². The lowest BCUT2D eigenvalue weighted by atomic mass is 10.3. The zero-order valence-corrected chi connectivity index (χ0v) is 10.7. The minimum absolute atomic E-state index is 0.247. The summed E-state index contributed by atoms with van der Waals surface area (Å²) in [6, 6.07) is 0. The van der Waals surface area contributed by atoms with Crippen LogP contribution in [0.15, 0.2) is 6.20 Å². The predicted molar refractivity (Wildman–Crippen MR) is 70.5 cm³/mol. The number of anilines is 2. The first-order chi connectivity index (χ1) is 8.76. The first kappa shape index (κ1) is 12.6. The van der Waals surface area contributed by atoms with Crippen LogP contribution in [0.2, 0.25) is 0 Å². The third-order valence-corrected chi connectivity index (χ3v) is 2.70. The van der Waals surface area contributed by atoms with Gasteiger partial charge in [-0.3, -0.25) is 5.10 Å². The molecule has 0 fully saturated rings. The Bertz CT molecular complexity index is 511. The molecule has 0 amide bonds. The van der Waals surface area contributed by atoms with Crippen molar-refractivity contribution in [2.45, 2.75) is 13.8 Å². The van der Waals surface area contributed by atoms with E-state index in [0.29, 0.717) is 18.9 Å². The molecule has 0 saturated heterocycles. The molecule has 98 valence electrons. The highest BCUT2D eigenvalue weighted by Crippen LogP contribution is 2.22. The Morgan fingerprint density at radius 3 is 2.94 bits per heavy atom. The van der Waals surface area contributed by atoms with Crippen molar-refractivity contribution in [3.05, 3.63) is 6.20 Å². The molecule has 0 aliphatic heterocycles. The molecule has 0 aliphatic rings. The van der Waals surface area contributed by atoms with Crippen molar-refractivity contribution < 1.29 is 4.74 Å². The molecule has 3 N–H and O–H groups in total. The van der Waals surface area contributed by atoms with Gasteiger partial charge in [-0.15, -0.1) is 0 Å². The lowest BCUT2D eigenvalue weighted by Crippen LogP contribution is -2.28. The average Bonchev–Trinajstić information content (AvgIpc) is 2.82. The normalized spacial score (nSPS) is 11.0. The zero-order chi connectivity index (χ0) is 13.0. The molecule has 2 aromatic heterocycles. The number of nitrogens with two attached hydrogens (primary N) is 1. The summed E-state index contributed by atoms with van der Waals surface area (Å²) in [5.74, 6) is 1.05. The molecule has 0 unspecified atom stereocenters. The third-order valence-electron chi connectivity index (χ3n) is 2.70. The van der Waals surface area contributed by atoms with E-state index < -0.39 is 0 Å². The fraction of sp³-hybridized carbons (Fsp3) is 0.545. The highest BCUT2D eigenvalue weighted by Gasteiger charge is 2.13. The van der Waals surface area contributed by atoms with Crippen LogP contribution in [0.25, 0.3) is 11.0 Å². The van der Waals surface area contributed by atoms with Crippen molar-refractivity contribution in [3.63, 3.8) is 0 Å². The Labute approximate surface area is 105 Å². The number of hydrogen-bond donors (Lipinski definition) is 2. The lowest BCUT2D eigenvalue weighted by molar-refractivity contribution is 0.154. The van der Waals surface area contributed by atoms with Crippen LogP contribution in [-0.4, -0.2) is 46.5 Å². The molecule has 0 radical (unpaired) electrons. The molecule has 0 atom stereocenters. The Morgan fingerprint density at radius 1 is 1.39 bits per heavy atom. The largest absolute Gasteiger partial charge is 0.380 e. The van der Waals surface area contributed by atoms with Gasteiger partial charge in [0.25, 0.3) is 0 Å². The van der Waals surface area contributed by atoms with E-state index >= 15 is 0 Å². The first-order valence-corrected chi connectivity index (χ1v) is 6.05. The monoisotopic (exact) mass is 250 g/mol.